The van der Waals surface area contributed by atoms with Gasteiger partial charge in [-0.05, 0) is 54.4 Å². The highest BCUT2D eigenvalue weighted by molar-refractivity contribution is 9.10. The summed E-state index contributed by atoms with van der Waals surface area (Å²) in [5.41, 5.74) is 9.25. The van der Waals surface area contributed by atoms with Crippen molar-refractivity contribution >= 4 is 33.9 Å². The van der Waals surface area contributed by atoms with Crippen LogP contribution >= 0.6 is 15.9 Å². The predicted molar refractivity (Wildman–Crippen MR) is 114 cm³/mol. The highest BCUT2D eigenvalue weighted by atomic mass is 79.9. The van der Waals surface area contributed by atoms with E-state index in [2.05, 4.69) is 56.6 Å². The summed E-state index contributed by atoms with van der Waals surface area (Å²) in [7, 11) is 0. The van der Waals surface area contributed by atoms with E-state index in [4.69, 9.17) is 5.73 Å². The fourth-order valence-electron chi connectivity index (χ4n) is 3.30. The Balaban J connectivity index is 1.60. The van der Waals surface area contributed by atoms with Gasteiger partial charge in [0.2, 0.25) is 11.6 Å². The van der Waals surface area contributed by atoms with Crippen molar-refractivity contribution in [2.45, 2.75) is 25.8 Å². The second-order valence-electron chi connectivity index (χ2n) is 7.01. The number of hydrogen-bond donors (Lipinski definition) is 3. The molecule has 0 unspecified atom stereocenters. The van der Waals surface area contributed by atoms with E-state index < -0.39 is 5.91 Å². The van der Waals surface area contributed by atoms with Crippen LogP contribution in [0.2, 0.25) is 0 Å². The van der Waals surface area contributed by atoms with Crippen molar-refractivity contribution in [1.29, 1.82) is 0 Å². The number of amides is 1. The largest absolute Gasteiger partial charge is 0.507 e. The highest BCUT2D eigenvalue weighted by Crippen LogP contribution is 2.21. The topological polar surface area (TPSA) is 161 Å². The Kier molecular flexibility index (Phi) is 6.23. The van der Waals surface area contributed by atoms with Gasteiger partial charge in [-0.25, -0.2) is 10.1 Å². The molecule has 0 aliphatic carbocycles. The maximum atomic E-state index is 13.0. The second kappa shape index (κ2) is 9.22. The molecule has 2 aromatic heterocycles. The van der Waals surface area contributed by atoms with Crippen LogP contribution in [-0.2, 0) is 6.54 Å². The number of carbonyl (C=O) groups excluding carboxylic acids is 1. The Labute approximate surface area is 185 Å². The number of anilines is 1. The molecule has 1 fully saturated rings. The van der Waals surface area contributed by atoms with Gasteiger partial charge in [-0.15, -0.1) is 5.10 Å². The molecule has 3 aromatic rings. The zero-order valence-corrected chi connectivity index (χ0v) is 18.0. The zero-order chi connectivity index (χ0) is 21.8. The summed E-state index contributed by atoms with van der Waals surface area (Å²) in [6.45, 7) is 2.29. The maximum absolute atomic E-state index is 13.0. The number of hydrogen-bond acceptors (Lipinski definition) is 10. The van der Waals surface area contributed by atoms with Crippen LogP contribution in [0.4, 0.5) is 5.82 Å². The lowest BCUT2D eigenvalue weighted by Crippen LogP contribution is -2.31. The van der Waals surface area contributed by atoms with Crippen molar-refractivity contribution in [2.24, 2.45) is 5.10 Å². The lowest BCUT2D eigenvalue weighted by Gasteiger charge is -2.25. The summed E-state index contributed by atoms with van der Waals surface area (Å²) < 4.78 is 6.59. The lowest BCUT2D eigenvalue weighted by atomic mass is 10.1. The number of phenolic OH excluding ortho intramolecular Hbond substituents is 1. The number of carbonyl (C=O) groups is 1. The fourth-order valence-corrected chi connectivity index (χ4v) is 3.68. The van der Waals surface area contributed by atoms with Crippen LogP contribution in [-0.4, -0.2) is 60.5 Å². The van der Waals surface area contributed by atoms with Crippen LogP contribution in [0, 0.1) is 0 Å². The molecule has 0 spiro atoms. The van der Waals surface area contributed by atoms with E-state index in [0.29, 0.717) is 17.8 Å². The Hall–Kier alpha value is -3.32. The summed E-state index contributed by atoms with van der Waals surface area (Å²) >= 11 is 3.33. The third-order valence-corrected chi connectivity index (χ3v) is 5.33. The maximum Gasteiger partial charge on any atom is 0.292 e. The van der Waals surface area contributed by atoms with E-state index >= 15 is 0 Å². The lowest BCUT2D eigenvalue weighted by molar-refractivity contribution is 0.0944. The van der Waals surface area contributed by atoms with E-state index in [1.807, 2.05) is 0 Å². The minimum Gasteiger partial charge on any atom is -0.507 e. The van der Waals surface area contributed by atoms with Crippen LogP contribution in [0.15, 0.2) is 32.4 Å². The van der Waals surface area contributed by atoms with Gasteiger partial charge in [0.25, 0.3) is 5.91 Å². The Morgan fingerprint density at radius 3 is 2.87 bits per heavy atom. The number of rotatable bonds is 6. The standard InChI is InChI=1S/C18H20BrN9O3/c19-12-4-5-14(29)11(8-12)9-21-23-18(30)15-13(10-27-6-2-1-3-7-27)22-26-28(15)17-16(20)24-31-25-17/h4-5,8-9,29H,1-3,6-7,10H2,(H2,20,24)(H,23,30). The van der Waals surface area contributed by atoms with Gasteiger partial charge in [-0.2, -0.15) is 9.78 Å². The molecular weight excluding hydrogens is 470 g/mol. The first-order chi connectivity index (χ1) is 15.0. The van der Waals surface area contributed by atoms with E-state index in [1.165, 1.54) is 23.4 Å². The molecule has 0 saturated carbocycles. The molecule has 4 rings (SSSR count). The fraction of sp³-hybridized carbons (Fsp3) is 0.333. The number of nitrogen functional groups attached to an aromatic ring is 1. The Morgan fingerprint density at radius 2 is 2.13 bits per heavy atom. The van der Waals surface area contributed by atoms with Crippen molar-refractivity contribution in [1.82, 2.24) is 35.6 Å². The molecule has 1 amide bonds. The summed E-state index contributed by atoms with van der Waals surface area (Å²) in [5, 5.41) is 29.3. The normalized spacial score (nSPS) is 14.9. The number of nitrogens with one attached hydrogen (secondary N) is 1. The van der Waals surface area contributed by atoms with E-state index in [-0.39, 0.29) is 23.1 Å². The third kappa shape index (κ3) is 4.72. The average molecular weight is 490 g/mol. The molecule has 13 heteroatoms. The average Bonchev–Trinajstić information content (AvgIpc) is 3.37. The van der Waals surface area contributed by atoms with Gasteiger partial charge in [-0.3, -0.25) is 9.69 Å². The number of aromatic hydroxyl groups is 1. The first-order valence-electron chi connectivity index (χ1n) is 9.60. The molecule has 31 heavy (non-hydrogen) atoms. The SMILES string of the molecule is Nc1nonc1-n1nnc(CN2CCCCC2)c1C(=O)NN=Cc1cc(Br)ccc1O. The van der Waals surface area contributed by atoms with Crippen LogP contribution in [0.25, 0.3) is 5.82 Å². The summed E-state index contributed by atoms with van der Waals surface area (Å²) in [4.78, 5) is 15.2. The minimum atomic E-state index is -0.565. The van der Waals surface area contributed by atoms with Crippen molar-refractivity contribution in [3.05, 3.63) is 39.6 Å². The Morgan fingerprint density at radius 1 is 1.32 bits per heavy atom. The molecule has 0 radical (unpaired) electrons. The Bertz CT molecular complexity index is 1100. The van der Waals surface area contributed by atoms with Crippen LogP contribution in [0.1, 0.15) is 41.0 Å². The van der Waals surface area contributed by atoms with Crippen LogP contribution in [0.3, 0.4) is 0 Å². The van der Waals surface area contributed by atoms with Crippen molar-refractivity contribution < 1.29 is 14.5 Å². The van der Waals surface area contributed by atoms with Gasteiger partial charge < -0.3 is 10.8 Å². The number of nitrogens with two attached hydrogens (primary N) is 1. The van der Waals surface area contributed by atoms with Crippen LogP contribution in [0.5, 0.6) is 5.75 Å². The number of phenols is 1. The van der Waals surface area contributed by atoms with Gasteiger partial charge in [0, 0.05) is 16.6 Å². The summed E-state index contributed by atoms with van der Waals surface area (Å²) in [6, 6.07) is 4.88. The number of halogens is 1. The number of hydrazone groups is 1. The summed E-state index contributed by atoms with van der Waals surface area (Å²) in [6.07, 6.45) is 4.71. The van der Waals surface area contributed by atoms with Crippen LogP contribution < -0.4 is 11.2 Å². The van der Waals surface area contributed by atoms with Gasteiger partial charge in [0.1, 0.15) is 11.4 Å². The van der Waals surface area contributed by atoms with Gasteiger partial charge in [0.15, 0.2) is 5.69 Å². The first-order valence-corrected chi connectivity index (χ1v) is 10.4. The first kappa shape index (κ1) is 20.9. The monoisotopic (exact) mass is 489 g/mol. The molecule has 1 saturated heterocycles. The predicted octanol–water partition coefficient (Wildman–Crippen LogP) is 1.45. The molecule has 1 aromatic carbocycles. The molecule has 1 aliphatic heterocycles. The van der Waals surface area contributed by atoms with Crippen molar-refractivity contribution in [3.63, 3.8) is 0 Å². The van der Waals surface area contributed by atoms with Gasteiger partial charge in [-0.1, -0.05) is 27.6 Å². The molecule has 3 heterocycles. The minimum absolute atomic E-state index is 0.0222. The number of benzene rings is 1. The number of piperidine rings is 1. The number of nitrogens with zero attached hydrogens (tertiary/aromatic N) is 7. The van der Waals surface area contributed by atoms with E-state index in [1.54, 1.807) is 12.1 Å². The van der Waals surface area contributed by atoms with Gasteiger partial charge in [0.05, 0.1) is 6.21 Å². The zero-order valence-electron chi connectivity index (χ0n) is 16.4. The van der Waals surface area contributed by atoms with Gasteiger partial charge >= 0.3 is 0 Å². The quantitative estimate of drug-likeness (QED) is 0.343. The highest BCUT2D eigenvalue weighted by Gasteiger charge is 2.26. The number of aromatic nitrogens is 5. The molecule has 0 atom stereocenters. The number of likely N-dealkylation sites (tertiary alicyclic amines) is 1. The molecule has 0 bridgehead atoms. The second-order valence-corrected chi connectivity index (χ2v) is 7.92. The van der Waals surface area contributed by atoms with E-state index in [9.17, 15) is 9.90 Å². The van der Waals surface area contributed by atoms with Crippen molar-refractivity contribution in [2.75, 3.05) is 18.8 Å². The summed E-state index contributed by atoms with van der Waals surface area (Å²) in [5.74, 6) is -0.493. The molecule has 4 N–H and O–H groups in total. The molecule has 12 nitrogen and oxygen atoms in total. The smallest absolute Gasteiger partial charge is 0.292 e. The molecular formula is C18H20BrN9O3. The van der Waals surface area contributed by atoms with Crippen molar-refractivity contribution in [3.8, 4) is 11.6 Å². The van der Waals surface area contributed by atoms with E-state index in [0.717, 1.165) is 30.4 Å². The molecule has 1 aliphatic rings. The molecule has 162 valence electrons. The third-order valence-electron chi connectivity index (χ3n) is 4.83.